The van der Waals surface area contributed by atoms with Crippen molar-refractivity contribution in [3.05, 3.63) is 132 Å². The van der Waals surface area contributed by atoms with Crippen LogP contribution in [0.4, 0.5) is 0 Å². The van der Waals surface area contributed by atoms with Crippen molar-refractivity contribution in [1.29, 1.82) is 0 Å². The Morgan fingerprint density at radius 2 is 0.756 bits per heavy atom. The lowest BCUT2D eigenvalue weighted by Gasteiger charge is -2.18. The summed E-state index contributed by atoms with van der Waals surface area (Å²) in [6, 6.07) is 36.5. The van der Waals surface area contributed by atoms with Gasteiger partial charge in [0.25, 0.3) is 0 Å². The van der Waals surface area contributed by atoms with Crippen molar-refractivity contribution in [2.75, 3.05) is 0 Å². The van der Waals surface area contributed by atoms with Crippen LogP contribution in [0.3, 0.4) is 0 Å². The van der Waals surface area contributed by atoms with Gasteiger partial charge >= 0.3 is 0 Å². The zero-order chi connectivity index (χ0) is 27.9. The molecule has 5 aromatic carbocycles. The van der Waals surface area contributed by atoms with Gasteiger partial charge in [0, 0.05) is 34.9 Å². The van der Waals surface area contributed by atoms with Crippen molar-refractivity contribution in [1.82, 2.24) is 19.9 Å². The summed E-state index contributed by atoms with van der Waals surface area (Å²) in [4.78, 5) is 18.3. The lowest BCUT2D eigenvalue weighted by molar-refractivity contribution is 1.02. The Kier molecular flexibility index (Phi) is 6.09. The highest BCUT2D eigenvalue weighted by Gasteiger charge is 2.17. The van der Waals surface area contributed by atoms with E-state index in [0.29, 0.717) is 0 Å². The highest BCUT2D eigenvalue weighted by Crippen LogP contribution is 2.44. The maximum atomic E-state index is 4.76. The molecule has 7 rings (SSSR count). The van der Waals surface area contributed by atoms with E-state index in [9.17, 15) is 0 Å². The molecule has 0 unspecified atom stereocenters. The number of aromatic nitrogens is 4. The molecule has 0 aliphatic carbocycles. The standard InChI is InChI=1S/C37H28N4/c1-23-24(2)40-37(41-25(23)3)29-19-15-27(16-20-29)35-32-11-6-4-9-30(32)34(31-10-5-7-12-33(31)35)26-13-17-28(18-14-26)36-38-21-8-22-39-36/h4-22H,1-3H3. The van der Waals surface area contributed by atoms with Crippen LogP contribution >= 0.6 is 0 Å². The van der Waals surface area contributed by atoms with Gasteiger partial charge in [-0.3, -0.25) is 0 Å². The van der Waals surface area contributed by atoms with Crippen molar-refractivity contribution >= 4 is 21.5 Å². The first kappa shape index (κ1) is 24.8. The van der Waals surface area contributed by atoms with Crippen LogP contribution in [0.1, 0.15) is 17.0 Å². The van der Waals surface area contributed by atoms with Crippen LogP contribution in [0.2, 0.25) is 0 Å². The zero-order valence-corrected chi connectivity index (χ0v) is 23.3. The number of hydrogen-bond acceptors (Lipinski definition) is 4. The smallest absolute Gasteiger partial charge is 0.159 e. The third-order valence-electron chi connectivity index (χ3n) is 7.99. The molecular formula is C37H28N4. The number of nitrogens with zero attached hydrogens (tertiary/aromatic N) is 4. The Morgan fingerprint density at radius 1 is 0.390 bits per heavy atom. The fourth-order valence-corrected chi connectivity index (χ4v) is 5.67. The quantitative estimate of drug-likeness (QED) is 0.214. The second-order valence-electron chi connectivity index (χ2n) is 10.4. The molecule has 0 N–H and O–H groups in total. The summed E-state index contributed by atoms with van der Waals surface area (Å²) in [7, 11) is 0. The van der Waals surface area contributed by atoms with Crippen LogP contribution < -0.4 is 0 Å². The first-order chi connectivity index (χ1) is 20.1. The van der Waals surface area contributed by atoms with Gasteiger partial charge in [-0.05, 0) is 76.2 Å². The number of hydrogen-bond donors (Lipinski definition) is 0. The number of aryl methyl sites for hydroxylation is 2. The molecule has 7 aromatic rings. The Hall–Kier alpha value is -5.22. The van der Waals surface area contributed by atoms with Gasteiger partial charge in [-0.15, -0.1) is 0 Å². The second-order valence-corrected chi connectivity index (χ2v) is 10.4. The molecule has 2 heterocycles. The van der Waals surface area contributed by atoms with E-state index in [2.05, 4.69) is 114 Å². The second kappa shape index (κ2) is 10.1. The van der Waals surface area contributed by atoms with Crippen molar-refractivity contribution in [3.63, 3.8) is 0 Å². The van der Waals surface area contributed by atoms with E-state index < -0.39 is 0 Å². The lowest BCUT2D eigenvalue weighted by atomic mass is 9.85. The molecule has 0 saturated heterocycles. The molecule has 4 heteroatoms. The molecule has 41 heavy (non-hydrogen) atoms. The highest BCUT2D eigenvalue weighted by molar-refractivity contribution is 6.21. The molecule has 2 aromatic heterocycles. The normalized spacial score (nSPS) is 11.3. The van der Waals surface area contributed by atoms with Crippen LogP contribution in [-0.4, -0.2) is 19.9 Å². The van der Waals surface area contributed by atoms with Gasteiger partial charge in [0.15, 0.2) is 11.6 Å². The van der Waals surface area contributed by atoms with E-state index in [4.69, 9.17) is 9.97 Å². The summed E-state index contributed by atoms with van der Waals surface area (Å²) in [6.07, 6.45) is 3.55. The highest BCUT2D eigenvalue weighted by atomic mass is 14.9. The molecule has 0 spiro atoms. The predicted molar refractivity (Wildman–Crippen MR) is 169 cm³/mol. The summed E-state index contributed by atoms with van der Waals surface area (Å²) < 4.78 is 0. The molecule has 0 aliphatic rings. The monoisotopic (exact) mass is 528 g/mol. The van der Waals surface area contributed by atoms with E-state index in [1.54, 1.807) is 12.4 Å². The number of rotatable bonds is 4. The minimum absolute atomic E-state index is 0.730. The predicted octanol–water partition coefficient (Wildman–Crippen LogP) is 9.17. The molecular weight excluding hydrogens is 500 g/mol. The van der Waals surface area contributed by atoms with Gasteiger partial charge in [-0.1, -0.05) is 97.1 Å². The van der Waals surface area contributed by atoms with Gasteiger partial charge < -0.3 is 0 Å². The van der Waals surface area contributed by atoms with E-state index in [-0.39, 0.29) is 0 Å². The average molecular weight is 529 g/mol. The topological polar surface area (TPSA) is 51.6 Å². The van der Waals surface area contributed by atoms with Crippen LogP contribution in [0.25, 0.3) is 66.6 Å². The summed E-state index contributed by atoms with van der Waals surface area (Å²) in [5.41, 5.74) is 10.0. The minimum Gasteiger partial charge on any atom is -0.237 e. The summed E-state index contributed by atoms with van der Waals surface area (Å²) >= 11 is 0. The third-order valence-corrected chi connectivity index (χ3v) is 7.99. The zero-order valence-electron chi connectivity index (χ0n) is 23.3. The maximum Gasteiger partial charge on any atom is 0.159 e. The van der Waals surface area contributed by atoms with E-state index in [1.807, 2.05) is 19.9 Å². The van der Waals surface area contributed by atoms with Crippen molar-refractivity contribution in [2.45, 2.75) is 20.8 Å². The van der Waals surface area contributed by atoms with Crippen molar-refractivity contribution in [2.24, 2.45) is 0 Å². The first-order valence-corrected chi connectivity index (χ1v) is 13.8. The molecule has 196 valence electrons. The maximum absolute atomic E-state index is 4.76. The van der Waals surface area contributed by atoms with Gasteiger partial charge in [0.2, 0.25) is 0 Å². The van der Waals surface area contributed by atoms with Gasteiger partial charge in [-0.2, -0.15) is 0 Å². The Labute approximate surface area is 239 Å². The number of benzene rings is 5. The molecule has 0 amide bonds. The minimum atomic E-state index is 0.730. The fourth-order valence-electron chi connectivity index (χ4n) is 5.67. The van der Waals surface area contributed by atoms with Crippen molar-refractivity contribution in [3.8, 4) is 45.0 Å². The summed E-state index contributed by atoms with van der Waals surface area (Å²) in [5.74, 6) is 1.50. The van der Waals surface area contributed by atoms with Crippen LogP contribution in [0.15, 0.2) is 116 Å². The van der Waals surface area contributed by atoms with Gasteiger partial charge in [0.05, 0.1) is 0 Å². The molecule has 0 saturated carbocycles. The molecule has 0 atom stereocenters. The molecule has 0 bridgehead atoms. The Bertz CT molecular complexity index is 1970. The fraction of sp³-hybridized carbons (Fsp3) is 0.0811. The van der Waals surface area contributed by atoms with E-state index in [0.717, 1.165) is 39.7 Å². The van der Waals surface area contributed by atoms with E-state index >= 15 is 0 Å². The average Bonchev–Trinajstić information content (AvgIpc) is 3.03. The van der Waals surface area contributed by atoms with Crippen LogP contribution in [0, 0.1) is 20.8 Å². The SMILES string of the molecule is Cc1nc(-c2ccc(-c3c4ccccc4c(-c4ccc(-c5ncccn5)cc4)c4ccccc34)cc2)nc(C)c1C. The first-order valence-electron chi connectivity index (χ1n) is 13.8. The Balaban J connectivity index is 1.40. The van der Waals surface area contributed by atoms with Gasteiger partial charge in [-0.25, -0.2) is 19.9 Å². The summed E-state index contributed by atoms with van der Waals surface area (Å²) in [6.45, 7) is 6.17. The molecule has 0 fully saturated rings. The molecule has 4 nitrogen and oxygen atoms in total. The lowest BCUT2D eigenvalue weighted by Crippen LogP contribution is -1.99. The largest absolute Gasteiger partial charge is 0.237 e. The Morgan fingerprint density at radius 3 is 1.17 bits per heavy atom. The molecule has 0 radical (unpaired) electrons. The van der Waals surface area contributed by atoms with E-state index in [1.165, 1.54) is 43.8 Å². The number of fused-ring (bicyclic) bond motifs is 2. The molecule has 0 aliphatic heterocycles. The van der Waals surface area contributed by atoms with Crippen molar-refractivity contribution < 1.29 is 0 Å². The van der Waals surface area contributed by atoms with Crippen LogP contribution in [0.5, 0.6) is 0 Å². The van der Waals surface area contributed by atoms with Crippen LogP contribution in [-0.2, 0) is 0 Å². The third kappa shape index (κ3) is 4.34. The van der Waals surface area contributed by atoms with Gasteiger partial charge in [0.1, 0.15) is 0 Å². The summed E-state index contributed by atoms with van der Waals surface area (Å²) in [5, 5.41) is 4.90.